The molecule has 0 radical (unpaired) electrons. The Bertz CT molecular complexity index is 217. The fourth-order valence-corrected chi connectivity index (χ4v) is 2.87. The quantitative estimate of drug-likeness (QED) is 0.606. The molecule has 0 spiro atoms. The van der Waals surface area contributed by atoms with E-state index in [0.717, 1.165) is 12.3 Å². The fraction of sp³-hybridized carbons (Fsp3) is 0.900. The van der Waals surface area contributed by atoms with Crippen LogP contribution in [0.1, 0.15) is 25.7 Å². The van der Waals surface area contributed by atoms with E-state index < -0.39 is 0 Å². The SMILES string of the molecule is CON(C)C(=O)C1CC2CCC1C2. The van der Waals surface area contributed by atoms with Gasteiger partial charge in [0, 0.05) is 13.0 Å². The lowest BCUT2D eigenvalue weighted by molar-refractivity contribution is -0.175. The predicted octanol–water partition coefficient (Wildman–Crippen LogP) is 1.44. The first kappa shape index (κ1) is 9.00. The van der Waals surface area contributed by atoms with Crippen molar-refractivity contribution < 1.29 is 9.63 Å². The zero-order valence-electron chi connectivity index (χ0n) is 8.32. The molecular weight excluding hydrogens is 166 g/mol. The second kappa shape index (κ2) is 3.29. The van der Waals surface area contributed by atoms with Gasteiger partial charge in [-0.15, -0.1) is 0 Å². The topological polar surface area (TPSA) is 29.5 Å². The molecule has 2 aliphatic rings. The van der Waals surface area contributed by atoms with E-state index in [-0.39, 0.29) is 11.8 Å². The Labute approximate surface area is 79.0 Å². The van der Waals surface area contributed by atoms with E-state index in [0.29, 0.717) is 5.92 Å². The lowest BCUT2D eigenvalue weighted by Crippen LogP contribution is -2.34. The van der Waals surface area contributed by atoms with Crippen LogP contribution in [0.3, 0.4) is 0 Å². The second-order valence-electron chi connectivity index (χ2n) is 4.30. The van der Waals surface area contributed by atoms with Gasteiger partial charge in [-0.05, 0) is 31.1 Å². The molecule has 3 unspecified atom stereocenters. The number of carbonyl (C=O) groups excluding carboxylic acids is 1. The highest BCUT2D eigenvalue weighted by molar-refractivity contribution is 5.78. The lowest BCUT2D eigenvalue weighted by Gasteiger charge is -2.24. The van der Waals surface area contributed by atoms with Gasteiger partial charge in [-0.2, -0.15) is 0 Å². The number of hydroxylamine groups is 2. The van der Waals surface area contributed by atoms with Crippen molar-refractivity contribution in [3.63, 3.8) is 0 Å². The summed E-state index contributed by atoms with van der Waals surface area (Å²) in [5.41, 5.74) is 0. The molecule has 3 atom stereocenters. The first-order valence-electron chi connectivity index (χ1n) is 5.04. The zero-order valence-corrected chi connectivity index (χ0v) is 8.32. The first-order valence-corrected chi connectivity index (χ1v) is 5.04. The number of hydrogen-bond donors (Lipinski definition) is 0. The van der Waals surface area contributed by atoms with E-state index in [4.69, 9.17) is 4.84 Å². The van der Waals surface area contributed by atoms with Crippen LogP contribution < -0.4 is 0 Å². The van der Waals surface area contributed by atoms with Gasteiger partial charge in [0.05, 0.1) is 7.11 Å². The van der Waals surface area contributed by atoms with Crippen LogP contribution in [0.25, 0.3) is 0 Å². The molecule has 0 aliphatic heterocycles. The molecule has 13 heavy (non-hydrogen) atoms. The van der Waals surface area contributed by atoms with Crippen molar-refractivity contribution in [3.05, 3.63) is 0 Å². The van der Waals surface area contributed by atoms with Crippen LogP contribution in [0.15, 0.2) is 0 Å². The maximum absolute atomic E-state index is 11.8. The predicted molar refractivity (Wildman–Crippen MR) is 48.7 cm³/mol. The van der Waals surface area contributed by atoms with Crippen LogP contribution in [0.4, 0.5) is 0 Å². The standard InChI is InChI=1S/C10H17NO2/c1-11(13-2)10(12)9-6-7-3-4-8(9)5-7/h7-9H,3-6H2,1-2H3. The molecule has 2 saturated carbocycles. The molecule has 3 heteroatoms. The average molecular weight is 183 g/mol. The Morgan fingerprint density at radius 3 is 2.62 bits per heavy atom. The van der Waals surface area contributed by atoms with E-state index in [2.05, 4.69) is 0 Å². The number of carbonyl (C=O) groups is 1. The minimum Gasteiger partial charge on any atom is -0.275 e. The van der Waals surface area contributed by atoms with Crippen molar-refractivity contribution in [2.24, 2.45) is 17.8 Å². The molecule has 0 N–H and O–H groups in total. The van der Waals surface area contributed by atoms with E-state index in [1.807, 2.05) is 0 Å². The van der Waals surface area contributed by atoms with Gasteiger partial charge in [0.1, 0.15) is 0 Å². The number of fused-ring (bicyclic) bond motifs is 2. The monoisotopic (exact) mass is 183 g/mol. The van der Waals surface area contributed by atoms with Crippen LogP contribution in [-0.2, 0) is 9.63 Å². The summed E-state index contributed by atoms with van der Waals surface area (Å²) < 4.78 is 0. The Balaban J connectivity index is 1.98. The van der Waals surface area contributed by atoms with Gasteiger partial charge in [0.2, 0.25) is 5.91 Å². The fourth-order valence-electron chi connectivity index (χ4n) is 2.87. The number of nitrogens with zero attached hydrogens (tertiary/aromatic N) is 1. The van der Waals surface area contributed by atoms with Gasteiger partial charge < -0.3 is 0 Å². The van der Waals surface area contributed by atoms with Crippen molar-refractivity contribution >= 4 is 5.91 Å². The third-order valence-corrected chi connectivity index (χ3v) is 3.64. The van der Waals surface area contributed by atoms with Crippen molar-refractivity contribution in [3.8, 4) is 0 Å². The smallest absolute Gasteiger partial charge is 0.249 e. The summed E-state index contributed by atoms with van der Waals surface area (Å²) in [5, 5.41) is 1.38. The summed E-state index contributed by atoms with van der Waals surface area (Å²) in [6.45, 7) is 0. The van der Waals surface area contributed by atoms with Crippen LogP contribution >= 0.6 is 0 Å². The van der Waals surface area contributed by atoms with Crippen LogP contribution in [0.2, 0.25) is 0 Å². The molecule has 3 nitrogen and oxygen atoms in total. The summed E-state index contributed by atoms with van der Waals surface area (Å²) in [6.07, 6.45) is 4.95. The molecule has 2 aliphatic carbocycles. The van der Waals surface area contributed by atoms with Crippen molar-refractivity contribution in [1.29, 1.82) is 0 Å². The third-order valence-electron chi connectivity index (χ3n) is 3.64. The summed E-state index contributed by atoms with van der Waals surface area (Å²) >= 11 is 0. The highest BCUT2D eigenvalue weighted by Crippen LogP contribution is 2.48. The third kappa shape index (κ3) is 1.46. The van der Waals surface area contributed by atoms with Gasteiger partial charge in [-0.1, -0.05) is 6.42 Å². The molecule has 0 aromatic heterocycles. The van der Waals surface area contributed by atoms with Crippen molar-refractivity contribution in [2.45, 2.75) is 25.7 Å². The maximum Gasteiger partial charge on any atom is 0.249 e. The minimum atomic E-state index is 0.176. The maximum atomic E-state index is 11.8. The largest absolute Gasteiger partial charge is 0.275 e. The van der Waals surface area contributed by atoms with Gasteiger partial charge in [0.25, 0.3) is 0 Å². The van der Waals surface area contributed by atoms with Crippen molar-refractivity contribution in [2.75, 3.05) is 14.2 Å². The Kier molecular flexibility index (Phi) is 2.28. The Morgan fingerprint density at radius 1 is 1.38 bits per heavy atom. The lowest BCUT2D eigenvalue weighted by atomic mass is 9.88. The molecule has 2 bridgehead atoms. The van der Waals surface area contributed by atoms with Gasteiger partial charge in [-0.3, -0.25) is 9.63 Å². The Morgan fingerprint density at radius 2 is 2.15 bits per heavy atom. The summed E-state index contributed by atoms with van der Waals surface area (Å²) in [5.74, 6) is 1.90. The van der Waals surface area contributed by atoms with E-state index >= 15 is 0 Å². The highest BCUT2D eigenvalue weighted by Gasteiger charge is 2.44. The second-order valence-corrected chi connectivity index (χ2v) is 4.30. The molecule has 2 fully saturated rings. The van der Waals surface area contributed by atoms with Gasteiger partial charge in [0.15, 0.2) is 0 Å². The Hall–Kier alpha value is -0.570. The van der Waals surface area contributed by atoms with E-state index in [1.165, 1.54) is 24.3 Å². The number of rotatable bonds is 2. The number of amides is 1. The van der Waals surface area contributed by atoms with Crippen LogP contribution in [0, 0.1) is 17.8 Å². The molecule has 2 rings (SSSR count). The molecule has 1 amide bonds. The molecule has 0 heterocycles. The number of hydrogen-bond acceptors (Lipinski definition) is 2. The molecule has 0 aromatic carbocycles. The molecular formula is C10H17NO2. The molecule has 74 valence electrons. The highest BCUT2D eigenvalue weighted by atomic mass is 16.7. The molecule has 0 aromatic rings. The summed E-state index contributed by atoms with van der Waals surface area (Å²) in [7, 11) is 3.25. The van der Waals surface area contributed by atoms with Gasteiger partial charge >= 0.3 is 0 Å². The van der Waals surface area contributed by atoms with Crippen LogP contribution in [-0.4, -0.2) is 25.1 Å². The zero-order chi connectivity index (χ0) is 9.42. The summed E-state index contributed by atoms with van der Waals surface area (Å²) in [4.78, 5) is 16.7. The van der Waals surface area contributed by atoms with Crippen molar-refractivity contribution in [1.82, 2.24) is 5.06 Å². The average Bonchev–Trinajstić information content (AvgIpc) is 2.76. The van der Waals surface area contributed by atoms with Gasteiger partial charge in [-0.25, -0.2) is 5.06 Å². The minimum absolute atomic E-state index is 0.176. The normalized spacial score (nSPS) is 36.6. The van der Waals surface area contributed by atoms with E-state index in [1.54, 1.807) is 14.2 Å². The molecule has 0 saturated heterocycles. The first-order chi connectivity index (χ1) is 6.22. The van der Waals surface area contributed by atoms with Crippen LogP contribution in [0.5, 0.6) is 0 Å². The summed E-state index contributed by atoms with van der Waals surface area (Å²) in [6, 6.07) is 0. The van der Waals surface area contributed by atoms with E-state index in [9.17, 15) is 4.79 Å².